The van der Waals surface area contributed by atoms with Crippen LogP contribution in [0, 0.1) is 11.7 Å². The van der Waals surface area contributed by atoms with E-state index in [1.807, 2.05) is 6.07 Å². The molecular weight excluding hydrogens is 455 g/mol. The average Bonchev–Trinajstić information content (AvgIpc) is 2.81. The summed E-state index contributed by atoms with van der Waals surface area (Å²) in [5.41, 5.74) is 1.28. The second-order valence-corrected chi connectivity index (χ2v) is 10.8. The lowest BCUT2D eigenvalue weighted by molar-refractivity contribution is -0.123. The third kappa shape index (κ3) is 6.85. The van der Waals surface area contributed by atoms with E-state index in [-0.39, 0.29) is 5.92 Å². The van der Waals surface area contributed by atoms with E-state index in [0.717, 1.165) is 38.7 Å². The topological polar surface area (TPSA) is 81.7 Å². The molecule has 2 aromatic carbocycles. The molecular formula is C25H35FN4O3S. The number of carbonyl (C=O) groups is 1. The highest BCUT2D eigenvalue weighted by molar-refractivity contribution is 7.89. The molecule has 1 fully saturated rings. The molecule has 1 heterocycles. The van der Waals surface area contributed by atoms with E-state index < -0.39 is 32.7 Å². The molecule has 0 bridgehead atoms. The molecule has 0 aliphatic carbocycles. The van der Waals surface area contributed by atoms with Gasteiger partial charge in [0.1, 0.15) is 16.8 Å². The molecule has 2 atom stereocenters. The first kappa shape index (κ1) is 26.3. The molecule has 3 rings (SSSR count). The quantitative estimate of drug-likeness (QED) is 0.501. The predicted molar refractivity (Wildman–Crippen MR) is 131 cm³/mol. The standard InChI is InChI=1S/C25H35FN4O3S/c1-19(2)24(28-34(32,33)23-13-8-7-12-21(23)26)25(31)27-14-9-15-30-17-16-29(3)18-22(30)20-10-5-4-6-11-20/h4-8,10-13,19,22,24,28H,9,14-18H2,1-3H3,(H,27,31)/t22?,24-/m0/s1. The van der Waals surface area contributed by atoms with Gasteiger partial charge in [0.25, 0.3) is 0 Å². The molecule has 2 aromatic rings. The predicted octanol–water partition coefficient (Wildman–Crippen LogP) is 2.62. The number of halogens is 1. The Balaban J connectivity index is 1.55. The lowest BCUT2D eigenvalue weighted by Crippen LogP contribution is -2.50. The van der Waals surface area contributed by atoms with Crippen LogP contribution in [0.25, 0.3) is 0 Å². The molecule has 0 radical (unpaired) electrons. The highest BCUT2D eigenvalue weighted by atomic mass is 32.2. The summed E-state index contributed by atoms with van der Waals surface area (Å²) in [5, 5.41) is 2.86. The third-order valence-corrected chi connectivity index (χ3v) is 7.63. The van der Waals surface area contributed by atoms with Crippen molar-refractivity contribution in [3.05, 3.63) is 66.0 Å². The minimum absolute atomic E-state index is 0.298. The van der Waals surface area contributed by atoms with Crippen LogP contribution in [-0.4, -0.2) is 69.9 Å². The van der Waals surface area contributed by atoms with E-state index in [2.05, 4.69) is 51.2 Å². The molecule has 1 amide bonds. The van der Waals surface area contributed by atoms with E-state index in [0.29, 0.717) is 12.6 Å². The van der Waals surface area contributed by atoms with Crippen molar-refractivity contribution in [1.82, 2.24) is 19.8 Å². The van der Waals surface area contributed by atoms with E-state index in [1.165, 1.54) is 23.8 Å². The van der Waals surface area contributed by atoms with Crippen molar-refractivity contribution in [3.8, 4) is 0 Å². The first-order valence-corrected chi connectivity index (χ1v) is 13.2. The van der Waals surface area contributed by atoms with Crippen LogP contribution >= 0.6 is 0 Å². The number of benzene rings is 2. The Kier molecular flexibility index (Phi) is 9.18. The zero-order valence-electron chi connectivity index (χ0n) is 20.1. The van der Waals surface area contributed by atoms with E-state index in [4.69, 9.17) is 0 Å². The summed E-state index contributed by atoms with van der Waals surface area (Å²) in [4.78, 5) is 17.1. The van der Waals surface area contributed by atoms with Crippen molar-refractivity contribution in [2.24, 2.45) is 5.92 Å². The maximum absolute atomic E-state index is 14.0. The molecule has 9 heteroatoms. The Labute approximate surface area is 202 Å². The van der Waals surface area contributed by atoms with Gasteiger partial charge >= 0.3 is 0 Å². The fraction of sp³-hybridized carbons (Fsp3) is 0.480. The van der Waals surface area contributed by atoms with Crippen LogP contribution in [0.4, 0.5) is 4.39 Å². The van der Waals surface area contributed by atoms with Crippen molar-refractivity contribution in [3.63, 3.8) is 0 Å². The van der Waals surface area contributed by atoms with E-state index >= 15 is 0 Å². The van der Waals surface area contributed by atoms with Crippen LogP contribution in [0.1, 0.15) is 31.9 Å². The van der Waals surface area contributed by atoms with Crippen molar-refractivity contribution in [2.45, 2.75) is 37.2 Å². The number of likely N-dealkylation sites (N-methyl/N-ethyl adjacent to an activating group) is 1. The van der Waals surface area contributed by atoms with Crippen molar-refractivity contribution in [1.29, 1.82) is 0 Å². The van der Waals surface area contributed by atoms with Gasteiger partial charge in [-0.15, -0.1) is 0 Å². The van der Waals surface area contributed by atoms with Crippen molar-refractivity contribution in [2.75, 3.05) is 39.8 Å². The third-order valence-electron chi connectivity index (χ3n) is 6.16. The average molecular weight is 491 g/mol. The summed E-state index contributed by atoms with van der Waals surface area (Å²) in [6.07, 6.45) is 0.740. The second kappa shape index (κ2) is 11.9. The smallest absolute Gasteiger partial charge is 0.244 e. The van der Waals surface area contributed by atoms with E-state index in [1.54, 1.807) is 13.8 Å². The lowest BCUT2D eigenvalue weighted by Gasteiger charge is -2.40. The van der Waals surface area contributed by atoms with Gasteiger partial charge in [0.05, 0.1) is 0 Å². The van der Waals surface area contributed by atoms with Crippen LogP contribution in [0.3, 0.4) is 0 Å². The molecule has 1 saturated heterocycles. The molecule has 0 aromatic heterocycles. The van der Waals surface area contributed by atoms with Crippen LogP contribution in [0.5, 0.6) is 0 Å². The van der Waals surface area contributed by atoms with Gasteiger partial charge in [-0.2, -0.15) is 4.72 Å². The Hall–Kier alpha value is -2.33. The summed E-state index contributed by atoms with van der Waals surface area (Å²) in [6.45, 7) is 7.64. The van der Waals surface area contributed by atoms with Gasteiger partial charge in [-0.3, -0.25) is 9.69 Å². The number of sulfonamides is 1. The van der Waals surface area contributed by atoms with Gasteiger partial charge in [-0.05, 0) is 37.1 Å². The molecule has 1 aliphatic heterocycles. The number of nitrogens with one attached hydrogen (secondary N) is 2. The first-order valence-electron chi connectivity index (χ1n) is 11.7. The summed E-state index contributed by atoms with van der Waals surface area (Å²) >= 11 is 0. The van der Waals surface area contributed by atoms with Gasteiger partial charge in [0, 0.05) is 38.8 Å². The fourth-order valence-corrected chi connectivity index (χ4v) is 5.63. The normalized spacial score (nSPS) is 18.7. The number of piperazine rings is 1. The number of nitrogens with zero attached hydrogens (tertiary/aromatic N) is 2. The minimum Gasteiger partial charge on any atom is -0.355 e. The Morgan fingerprint density at radius 3 is 2.44 bits per heavy atom. The van der Waals surface area contributed by atoms with Crippen molar-refractivity contribution < 1.29 is 17.6 Å². The first-order chi connectivity index (χ1) is 16.2. The summed E-state index contributed by atoms with van der Waals surface area (Å²) in [5.74, 6) is -1.56. The largest absolute Gasteiger partial charge is 0.355 e. The molecule has 34 heavy (non-hydrogen) atoms. The summed E-state index contributed by atoms with van der Waals surface area (Å²) in [7, 11) is -2.04. The number of hydrogen-bond donors (Lipinski definition) is 2. The van der Waals surface area contributed by atoms with Gasteiger partial charge in [0.2, 0.25) is 15.9 Å². The molecule has 0 saturated carbocycles. The SMILES string of the molecule is CC(C)[C@H](NS(=O)(=O)c1ccccc1F)C(=O)NCCCN1CCN(C)CC1c1ccccc1. The van der Waals surface area contributed by atoms with Crippen LogP contribution < -0.4 is 10.0 Å². The highest BCUT2D eigenvalue weighted by Gasteiger charge is 2.30. The lowest BCUT2D eigenvalue weighted by atomic mass is 10.0. The molecule has 0 spiro atoms. The maximum atomic E-state index is 14.0. The second-order valence-electron chi connectivity index (χ2n) is 9.14. The van der Waals surface area contributed by atoms with Gasteiger partial charge < -0.3 is 10.2 Å². The fourth-order valence-electron chi connectivity index (χ4n) is 4.21. The summed E-state index contributed by atoms with van der Waals surface area (Å²) < 4.78 is 41.7. The van der Waals surface area contributed by atoms with Crippen molar-refractivity contribution >= 4 is 15.9 Å². The molecule has 2 N–H and O–H groups in total. The number of rotatable bonds is 10. The zero-order chi connectivity index (χ0) is 24.7. The monoisotopic (exact) mass is 490 g/mol. The van der Waals surface area contributed by atoms with Gasteiger partial charge in [0.15, 0.2) is 0 Å². The Morgan fingerprint density at radius 2 is 1.76 bits per heavy atom. The van der Waals surface area contributed by atoms with Gasteiger partial charge in [-0.1, -0.05) is 56.3 Å². The molecule has 1 aliphatic rings. The maximum Gasteiger partial charge on any atom is 0.244 e. The zero-order valence-corrected chi connectivity index (χ0v) is 20.9. The number of amides is 1. The van der Waals surface area contributed by atoms with Crippen LogP contribution in [-0.2, 0) is 14.8 Å². The summed E-state index contributed by atoms with van der Waals surface area (Å²) in [6, 6.07) is 14.9. The molecule has 7 nitrogen and oxygen atoms in total. The molecule has 1 unspecified atom stereocenters. The molecule has 186 valence electrons. The minimum atomic E-state index is -4.17. The van der Waals surface area contributed by atoms with Gasteiger partial charge in [-0.25, -0.2) is 12.8 Å². The number of hydrogen-bond acceptors (Lipinski definition) is 5. The Bertz CT molecular complexity index is 1050. The highest BCUT2D eigenvalue weighted by Crippen LogP contribution is 2.24. The number of carbonyl (C=O) groups excluding carboxylic acids is 1. The van der Waals surface area contributed by atoms with E-state index in [9.17, 15) is 17.6 Å². The Morgan fingerprint density at radius 1 is 1.09 bits per heavy atom. The van der Waals surface area contributed by atoms with Crippen LogP contribution in [0.15, 0.2) is 59.5 Å². The van der Waals surface area contributed by atoms with Crippen LogP contribution in [0.2, 0.25) is 0 Å².